The first kappa shape index (κ1) is 22.6. The minimum absolute atomic E-state index is 0.194. The van der Waals surface area contributed by atoms with Crippen LogP contribution < -0.4 is 0 Å². The fraction of sp³-hybridized carbons (Fsp3) is 0.857. The molecule has 0 saturated heterocycles. The number of hydrogen-bond acceptors (Lipinski definition) is 1. The molecule has 0 aliphatic carbocycles. The van der Waals surface area contributed by atoms with Crippen molar-refractivity contribution in [2.24, 2.45) is 0 Å². The van der Waals surface area contributed by atoms with E-state index in [0.717, 1.165) is 12.7 Å². The van der Waals surface area contributed by atoms with Gasteiger partial charge < -0.3 is 4.79 Å². The summed E-state index contributed by atoms with van der Waals surface area (Å²) in [5.74, 6) is 0. The fourth-order valence-electron chi connectivity index (χ4n) is 2.88. The van der Waals surface area contributed by atoms with E-state index in [2.05, 4.69) is 38.7 Å². The highest BCUT2D eigenvalue weighted by atomic mass is 28.3. The van der Waals surface area contributed by atoms with Gasteiger partial charge in [-0.25, -0.2) is 0 Å². The zero-order chi connectivity index (χ0) is 17.4. The Morgan fingerprint density at radius 2 is 1.17 bits per heavy atom. The number of carbonyl (C=O) groups is 1. The first-order valence-corrected chi connectivity index (χ1v) is 13.7. The molecule has 0 bridgehead atoms. The van der Waals surface area contributed by atoms with E-state index in [0.29, 0.717) is 0 Å². The highest BCUT2D eigenvalue weighted by Crippen LogP contribution is 2.21. The van der Waals surface area contributed by atoms with Crippen LogP contribution in [0.5, 0.6) is 0 Å². The number of hydrogen-bond donors (Lipinski definition) is 0. The molecule has 0 aliphatic heterocycles. The van der Waals surface area contributed by atoms with Crippen molar-refractivity contribution in [3.05, 3.63) is 12.2 Å². The van der Waals surface area contributed by atoms with Gasteiger partial charge in [0.1, 0.15) is 6.29 Å². The Balaban J connectivity index is 3.35. The third kappa shape index (κ3) is 14.9. The highest BCUT2D eigenvalue weighted by molar-refractivity contribution is 6.80. The Labute approximate surface area is 147 Å². The maximum atomic E-state index is 11.1. The number of carbonyl (C=O) groups excluding carboxylic acids is 1. The number of aldehydes is 1. The van der Waals surface area contributed by atoms with Gasteiger partial charge in [-0.2, -0.15) is 0 Å². The molecule has 0 rings (SSSR count). The maximum Gasteiger partial charge on any atom is 0.124 e. The Bertz CT molecular complexity index is 291. The summed E-state index contributed by atoms with van der Waals surface area (Å²) in [4.78, 5) is 11.1. The van der Waals surface area contributed by atoms with Gasteiger partial charge in [-0.1, -0.05) is 109 Å². The van der Waals surface area contributed by atoms with Gasteiger partial charge >= 0.3 is 0 Å². The molecule has 136 valence electrons. The molecule has 2 heteroatoms. The lowest BCUT2D eigenvalue weighted by atomic mass is 10.0. The molecule has 0 aromatic carbocycles. The zero-order valence-corrected chi connectivity index (χ0v) is 17.4. The summed E-state index contributed by atoms with van der Waals surface area (Å²) in [6.07, 6.45) is 23.5. The van der Waals surface area contributed by atoms with Crippen molar-refractivity contribution in [2.45, 2.75) is 116 Å². The van der Waals surface area contributed by atoms with E-state index in [9.17, 15) is 4.79 Å². The molecular weight excluding hydrogens is 296 g/mol. The monoisotopic (exact) mass is 338 g/mol. The van der Waals surface area contributed by atoms with Gasteiger partial charge in [0.15, 0.2) is 0 Å². The first-order valence-electron chi connectivity index (χ1n) is 10.1. The standard InChI is InChI=1S/C21H42OSi/c1-5-6-7-8-9-10-11-12-13-14-15-16-17-18-19-21(20-22)23(2,3)4/h18-21H,5-17H2,1-4H3. The van der Waals surface area contributed by atoms with E-state index in [1.165, 1.54) is 77.0 Å². The van der Waals surface area contributed by atoms with E-state index in [-0.39, 0.29) is 5.54 Å². The number of unbranched alkanes of at least 4 members (excludes halogenated alkanes) is 12. The molecule has 0 saturated carbocycles. The largest absolute Gasteiger partial charge is 0.303 e. The molecule has 0 spiro atoms. The van der Waals surface area contributed by atoms with Crippen molar-refractivity contribution >= 4 is 14.4 Å². The Morgan fingerprint density at radius 3 is 1.57 bits per heavy atom. The normalized spacial score (nSPS) is 13.6. The molecule has 0 N–H and O–H groups in total. The van der Waals surface area contributed by atoms with Crippen LogP contribution in [0.25, 0.3) is 0 Å². The van der Waals surface area contributed by atoms with Crippen LogP contribution in [0.2, 0.25) is 25.2 Å². The van der Waals surface area contributed by atoms with Gasteiger partial charge in [-0.3, -0.25) is 0 Å². The minimum Gasteiger partial charge on any atom is -0.303 e. The minimum atomic E-state index is -1.35. The summed E-state index contributed by atoms with van der Waals surface area (Å²) in [6.45, 7) is 9.07. The van der Waals surface area contributed by atoms with Gasteiger partial charge in [0.2, 0.25) is 0 Å². The lowest BCUT2D eigenvalue weighted by molar-refractivity contribution is -0.107. The summed E-state index contributed by atoms with van der Waals surface area (Å²) in [5, 5.41) is 0. The Morgan fingerprint density at radius 1 is 0.739 bits per heavy atom. The molecule has 1 atom stereocenters. The van der Waals surface area contributed by atoms with E-state index < -0.39 is 8.07 Å². The van der Waals surface area contributed by atoms with Crippen LogP contribution in [-0.4, -0.2) is 14.4 Å². The zero-order valence-electron chi connectivity index (χ0n) is 16.4. The molecule has 0 aliphatic rings. The fourth-order valence-corrected chi connectivity index (χ4v) is 4.01. The third-order valence-electron chi connectivity index (χ3n) is 4.71. The molecule has 0 radical (unpaired) electrons. The molecule has 0 aromatic heterocycles. The van der Waals surface area contributed by atoms with Crippen molar-refractivity contribution in [2.75, 3.05) is 0 Å². The van der Waals surface area contributed by atoms with Crippen molar-refractivity contribution in [3.63, 3.8) is 0 Å². The van der Waals surface area contributed by atoms with Gasteiger partial charge in [0.25, 0.3) is 0 Å². The van der Waals surface area contributed by atoms with Crippen molar-refractivity contribution in [3.8, 4) is 0 Å². The predicted octanol–water partition coefficient (Wildman–Crippen LogP) is 7.54. The van der Waals surface area contributed by atoms with E-state index in [1.807, 2.05) is 0 Å². The quantitative estimate of drug-likeness (QED) is 0.123. The number of rotatable bonds is 16. The predicted molar refractivity (Wildman–Crippen MR) is 108 cm³/mol. The Hall–Kier alpha value is -0.373. The van der Waals surface area contributed by atoms with E-state index in [1.54, 1.807) is 0 Å². The molecule has 1 unspecified atom stereocenters. The summed E-state index contributed by atoms with van der Waals surface area (Å²) < 4.78 is 0. The topological polar surface area (TPSA) is 17.1 Å². The van der Waals surface area contributed by atoms with Crippen LogP contribution in [0, 0.1) is 0 Å². The molecular formula is C21H42OSi. The van der Waals surface area contributed by atoms with E-state index >= 15 is 0 Å². The van der Waals surface area contributed by atoms with Gasteiger partial charge in [0, 0.05) is 5.54 Å². The van der Waals surface area contributed by atoms with Crippen LogP contribution in [0.4, 0.5) is 0 Å². The van der Waals surface area contributed by atoms with Crippen molar-refractivity contribution < 1.29 is 4.79 Å². The van der Waals surface area contributed by atoms with Gasteiger partial charge in [-0.15, -0.1) is 0 Å². The summed E-state index contributed by atoms with van der Waals surface area (Å²) in [6, 6.07) is 0. The van der Waals surface area contributed by atoms with Crippen LogP contribution in [0.15, 0.2) is 12.2 Å². The summed E-state index contributed by atoms with van der Waals surface area (Å²) >= 11 is 0. The van der Waals surface area contributed by atoms with Crippen LogP contribution in [-0.2, 0) is 4.79 Å². The maximum absolute atomic E-state index is 11.1. The first-order chi connectivity index (χ1) is 11.0. The molecule has 0 aromatic rings. The average Bonchev–Trinajstić information content (AvgIpc) is 2.50. The smallest absolute Gasteiger partial charge is 0.124 e. The van der Waals surface area contributed by atoms with Crippen LogP contribution in [0.1, 0.15) is 90.4 Å². The highest BCUT2D eigenvalue weighted by Gasteiger charge is 2.23. The molecule has 0 fully saturated rings. The summed E-state index contributed by atoms with van der Waals surface area (Å²) in [7, 11) is -1.35. The van der Waals surface area contributed by atoms with Crippen LogP contribution >= 0.6 is 0 Å². The average molecular weight is 339 g/mol. The number of allylic oxidation sites excluding steroid dienone is 2. The second-order valence-electron chi connectivity index (χ2n) is 8.13. The second-order valence-corrected chi connectivity index (χ2v) is 13.5. The van der Waals surface area contributed by atoms with Gasteiger partial charge in [-0.05, 0) is 12.8 Å². The van der Waals surface area contributed by atoms with E-state index in [4.69, 9.17) is 0 Å². The molecule has 0 heterocycles. The lowest BCUT2D eigenvalue weighted by Gasteiger charge is -2.20. The summed E-state index contributed by atoms with van der Waals surface area (Å²) in [5.41, 5.74) is 0.194. The molecule has 1 nitrogen and oxygen atoms in total. The Kier molecular flexibility index (Phi) is 14.9. The lowest BCUT2D eigenvalue weighted by Crippen LogP contribution is -2.27. The molecule has 0 amide bonds. The molecule has 23 heavy (non-hydrogen) atoms. The van der Waals surface area contributed by atoms with Crippen molar-refractivity contribution in [1.82, 2.24) is 0 Å². The van der Waals surface area contributed by atoms with Gasteiger partial charge in [0.05, 0.1) is 8.07 Å². The second kappa shape index (κ2) is 15.2. The third-order valence-corrected chi connectivity index (χ3v) is 7.04. The van der Waals surface area contributed by atoms with Crippen molar-refractivity contribution in [1.29, 1.82) is 0 Å². The SMILES string of the molecule is CCCCCCCCCCCCCCC=CC(C=O)[Si](C)(C)C. The van der Waals surface area contributed by atoms with Crippen LogP contribution in [0.3, 0.4) is 0 Å².